The summed E-state index contributed by atoms with van der Waals surface area (Å²) in [6.07, 6.45) is 0. The molecule has 59 valence electrons. The molecule has 11 heavy (non-hydrogen) atoms. The Balaban J connectivity index is 3.13. The van der Waals surface area contributed by atoms with Gasteiger partial charge in [-0.3, -0.25) is 0 Å². The fraction of sp³-hybridized carbons (Fsp3) is 0.250. The fourth-order valence-corrected chi connectivity index (χ4v) is 0.852. The molecule has 1 radical (unpaired) electrons. The van der Waals surface area contributed by atoms with Crippen LogP contribution in [0, 0.1) is 6.07 Å². The summed E-state index contributed by atoms with van der Waals surface area (Å²) in [4.78, 5) is 0. The minimum atomic E-state index is 0.465. The van der Waals surface area contributed by atoms with Crippen LogP contribution in [0.25, 0.3) is 0 Å². The van der Waals surface area contributed by atoms with E-state index in [0.29, 0.717) is 17.2 Å². The second-order valence-electron chi connectivity index (χ2n) is 1.99. The second-order valence-corrected chi connectivity index (χ2v) is 1.99. The number of ether oxygens (including phenoxy) is 2. The van der Waals surface area contributed by atoms with Crippen LogP contribution in [0.3, 0.4) is 0 Å². The van der Waals surface area contributed by atoms with Crippen molar-refractivity contribution >= 4 is 5.69 Å². The molecular formula is C8H10NO2. The predicted molar refractivity (Wildman–Crippen MR) is 42.8 cm³/mol. The molecule has 0 fully saturated rings. The Hall–Kier alpha value is -1.38. The summed E-state index contributed by atoms with van der Waals surface area (Å²) in [5.41, 5.74) is 6.01. The summed E-state index contributed by atoms with van der Waals surface area (Å²) in [7, 11) is 3.11. The zero-order chi connectivity index (χ0) is 8.27. The van der Waals surface area contributed by atoms with Gasteiger partial charge in [0.05, 0.1) is 19.9 Å². The van der Waals surface area contributed by atoms with Crippen molar-refractivity contribution in [1.29, 1.82) is 0 Å². The molecule has 1 aromatic rings. The van der Waals surface area contributed by atoms with Crippen molar-refractivity contribution in [2.24, 2.45) is 0 Å². The Labute approximate surface area is 65.7 Å². The highest BCUT2D eigenvalue weighted by Gasteiger charge is 2.04. The molecule has 0 aliphatic rings. The number of nitrogens with two attached hydrogens (primary N) is 1. The van der Waals surface area contributed by atoms with E-state index in [1.165, 1.54) is 0 Å². The van der Waals surface area contributed by atoms with Gasteiger partial charge in [0.2, 0.25) is 0 Å². The summed E-state index contributed by atoms with van der Waals surface area (Å²) in [5.74, 6) is 1.17. The lowest BCUT2D eigenvalue weighted by molar-refractivity contribution is 0.356. The van der Waals surface area contributed by atoms with Crippen LogP contribution in [0.2, 0.25) is 0 Å². The Morgan fingerprint density at radius 2 is 2.09 bits per heavy atom. The van der Waals surface area contributed by atoms with Gasteiger partial charge in [0.1, 0.15) is 0 Å². The fourth-order valence-electron chi connectivity index (χ4n) is 0.852. The molecule has 0 aromatic heterocycles. The van der Waals surface area contributed by atoms with Crippen molar-refractivity contribution in [3.63, 3.8) is 0 Å². The lowest BCUT2D eigenvalue weighted by Gasteiger charge is -2.08. The van der Waals surface area contributed by atoms with Gasteiger partial charge in [-0.2, -0.15) is 0 Å². The van der Waals surface area contributed by atoms with Crippen LogP contribution in [0.1, 0.15) is 0 Å². The number of hydrogen-bond donors (Lipinski definition) is 1. The van der Waals surface area contributed by atoms with Gasteiger partial charge in [-0.1, -0.05) is 0 Å². The first-order chi connectivity index (χ1) is 5.29. The summed E-state index contributed by atoms with van der Waals surface area (Å²) < 4.78 is 9.98. The number of rotatable bonds is 2. The Kier molecular flexibility index (Phi) is 2.21. The monoisotopic (exact) mass is 152 g/mol. The molecule has 0 aliphatic carbocycles. The van der Waals surface area contributed by atoms with Crippen molar-refractivity contribution in [1.82, 2.24) is 0 Å². The van der Waals surface area contributed by atoms with Crippen molar-refractivity contribution < 1.29 is 9.47 Å². The van der Waals surface area contributed by atoms with Crippen LogP contribution in [-0.4, -0.2) is 14.2 Å². The van der Waals surface area contributed by atoms with Crippen LogP contribution in [0.15, 0.2) is 12.1 Å². The first-order valence-electron chi connectivity index (χ1n) is 3.17. The third kappa shape index (κ3) is 1.37. The van der Waals surface area contributed by atoms with E-state index in [1.54, 1.807) is 26.4 Å². The van der Waals surface area contributed by atoms with E-state index < -0.39 is 0 Å². The predicted octanol–water partition coefficient (Wildman–Crippen LogP) is 1.09. The molecule has 0 bridgehead atoms. The van der Waals surface area contributed by atoms with Crippen LogP contribution in [0.4, 0.5) is 5.69 Å². The van der Waals surface area contributed by atoms with Crippen molar-refractivity contribution in [3.8, 4) is 11.5 Å². The third-order valence-electron chi connectivity index (χ3n) is 1.37. The van der Waals surface area contributed by atoms with Gasteiger partial charge in [-0.05, 0) is 12.1 Å². The largest absolute Gasteiger partial charge is 0.493 e. The lowest BCUT2D eigenvalue weighted by atomic mass is 10.3. The first-order valence-corrected chi connectivity index (χ1v) is 3.17. The van der Waals surface area contributed by atoms with Gasteiger partial charge >= 0.3 is 0 Å². The molecule has 0 saturated carbocycles. The minimum Gasteiger partial charge on any atom is -0.493 e. The molecule has 0 atom stereocenters. The topological polar surface area (TPSA) is 44.5 Å². The maximum absolute atomic E-state index is 5.55. The molecule has 0 amide bonds. The van der Waals surface area contributed by atoms with E-state index in [9.17, 15) is 0 Å². The number of hydrogen-bond acceptors (Lipinski definition) is 3. The van der Waals surface area contributed by atoms with E-state index in [1.807, 2.05) is 0 Å². The Morgan fingerprint density at radius 1 is 1.36 bits per heavy atom. The molecule has 0 heterocycles. The Morgan fingerprint density at radius 3 is 2.55 bits per heavy atom. The van der Waals surface area contributed by atoms with E-state index in [-0.39, 0.29) is 0 Å². The molecule has 1 aromatic carbocycles. The zero-order valence-corrected chi connectivity index (χ0v) is 6.55. The van der Waals surface area contributed by atoms with E-state index in [4.69, 9.17) is 15.2 Å². The SMILES string of the molecule is COc1cc[c]c(N)c1OC. The summed E-state index contributed by atoms with van der Waals surface area (Å²) in [6, 6.07) is 6.23. The smallest absolute Gasteiger partial charge is 0.184 e. The van der Waals surface area contributed by atoms with E-state index in [2.05, 4.69) is 6.07 Å². The molecule has 3 nitrogen and oxygen atoms in total. The van der Waals surface area contributed by atoms with E-state index in [0.717, 1.165) is 0 Å². The highest BCUT2D eigenvalue weighted by molar-refractivity contribution is 5.59. The number of anilines is 1. The summed E-state index contributed by atoms with van der Waals surface area (Å²) in [6.45, 7) is 0. The average Bonchev–Trinajstić information content (AvgIpc) is 2.04. The molecule has 0 saturated heterocycles. The van der Waals surface area contributed by atoms with Crippen molar-refractivity contribution in [3.05, 3.63) is 18.2 Å². The highest BCUT2D eigenvalue weighted by Crippen LogP contribution is 2.31. The molecule has 3 heteroatoms. The van der Waals surface area contributed by atoms with Crippen molar-refractivity contribution in [2.75, 3.05) is 20.0 Å². The number of methoxy groups -OCH3 is 2. The molecular weight excluding hydrogens is 142 g/mol. The average molecular weight is 152 g/mol. The van der Waals surface area contributed by atoms with Gasteiger partial charge in [-0.15, -0.1) is 0 Å². The van der Waals surface area contributed by atoms with Gasteiger partial charge in [-0.25, -0.2) is 0 Å². The van der Waals surface area contributed by atoms with Gasteiger partial charge in [0, 0.05) is 6.07 Å². The maximum Gasteiger partial charge on any atom is 0.184 e. The summed E-state index contributed by atoms with van der Waals surface area (Å²) in [5, 5.41) is 0. The molecule has 1 rings (SSSR count). The van der Waals surface area contributed by atoms with Gasteiger partial charge in [0.25, 0.3) is 0 Å². The molecule has 0 spiro atoms. The van der Waals surface area contributed by atoms with Crippen LogP contribution < -0.4 is 15.2 Å². The second kappa shape index (κ2) is 3.14. The third-order valence-corrected chi connectivity index (χ3v) is 1.37. The molecule has 0 aliphatic heterocycles. The van der Waals surface area contributed by atoms with Crippen LogP contribution in [0.5, 0.6) is 11.5 Å². The minimum absolute atomic E-state index is 0.465. The quantitative estimate of drug-likeness (QED) is 0.645. The van der Waals surface area contributed by atoms with Crippen LogP contribution in [-0.2, 0) is 0 Å². The maximum atomic E-state index is 5.55. The molecule has 2 N–H and O–H groups in total. The summed E-state index contributed by atoms with van der Waals surface area (Å²) >= 11 is 0. The van der Waals surface area contributed by atoms with Gasteiger partial charge in [0.15, 0.2) is 11.5 Å². The van der Waals surface area contributed by atoms with Crippen LogP contribution >= 0.6 is 0 Å². The first kappa shape index (κ1) is 7.72. The highest BCUT2D eigenvalue weighted by atomic mass is 16.5. The molecule has 0 unspecified atom stereocenters. The standard InChI is InChI=1S/C8H10NO2/c1-10-7-5-3-4-6(9)8(7)11-2/h3,5H,9H2,1-2H3. The lowest BCUT2D eigenvalue weighted by Crippen LogP contribution is -1.95. The number of benzene rings is 1. The zero-order valence-electron chi connectivity index (χ0n) is 6.55. The van der Waals surface area contributed by atoms with Gasteiger partial charge < -0.3 is 15.2 Å². The van der Waals surface area contributed by atoms with Crippen molar-refractivity contribution in [2.45, 2.75) is 0 Å². The number of nitrogen functional groups attached to an aromatic ring is 1. The van der Waals surface area contributed by atoms with E-state index >= 15 is 0 Å². The normalized spacial score (nSPS) is 9.27. The Bertz CT molecular complexity index is 248.